The van der Waals surface area contributed by atoms with Crippen molar-refractivity contribution in [1.29, 1.82) is 0 Å². The molecule has 0 aliphatic rings. The van der Waals surface area contributed by atoms with E-state index in [2.05, 4.69) is 4.99 Å². The van der Waals surface area contributed by atoms with Gasteiger partial charge in [0.15, 0.2) is 0 Å². The number of rotatable bonds is 8. The molecule has 1 amide bonds. The summed E-state index contributed by atoms with van der Waals surface area (Å²) in [5.74, 6) is -0.683. The second-order valence-corrected chi connectivity index (χ2v) is 8.62. The molecule has 0 spiro atoms. The Bertz CT molecular complexity index is 1060. The summed E-state index contributed by atoms with van der Waals surface area (Å²) in [7, 11) is 0. The van der Waals surface area contributed by atoms with Crippen molar-refractivity contribution in [3.63, 3.8) is 0 Å². The van der Waals surface area contributed by atoms with Crippen LogP contribution in [0, 0.1) is 0 Å². The van der Waals surface area contributed by atoms with Gasteiger partial charge in [0.2, 0.25) is 4.80 Å². The second kappa shape index (κ2) is 12.1. The zero-order chi connectivity index (χ0) is 24.4. The van der Waals surface area contributed by atoms with Gasteiger partial charge in [0.25, 0.3) is 0 Å². The molecule has 10 heteroatoms. The molecule has 0 fully saturated rings. The Morgan fingerprint density at radius 1 is 1.18 bits per heavy atom. The summed E-state index contributed by atoms with van der Waals surface area (Å²) in [5.41, 5.74) is 0.326. The summed E-state index contributed by atoms with van der Waals surface area (Å²) < 4.78 is 16.6. The fourth-order valence-electron chi connectivity index (χ4n) is 2.68. The molecule has 0 unspecified atom stereocenters. The molecule has 2 rings (SSSR count). The monoisotopic (exact) mass is 476 g/mol. The third kappa shape index (κ3) is 8.32. The third-order valence-corrected chi connectivity index (χ3v) is 4.80. The van der Waals surface area contributed by atoms with Gasteiger partial charge in [0.05, 0.1) is 31.1 Å². The maximum atomic E-state index is 12.6. The van der Waals surface area contributed by atoms with Crippen LogP contribution < -0.4 is 4.80 Å². The third-order valence-electron chi connectivity index (χ3n) is 3.97. The molecular weight excluding hydrogens is 448 g/mol. The van der Waals surface area contributed by atoms with Crippen LogP contribution in [0.5, 0.6) is 0 Å². The molecule has 1 N–H and O–H groups in total. The number of amides is 1. The van der Waals surface area contributed by atoms with Crippen molar-refractivity contribution >= 4 is 35.1 Å². The van der Waals surface area contributed by atoms with Gasteiger partial charge in [-0.3, -0.25) is 0 Å². The van der Waals surface area contributed by atoms with Crippen LogP contribution in [0.1, 0.15) is 45.4 Å². The number of ether oxygens (including phenoxy) is 3. The van der Waals surface area contributed by atoms with Gasteiger partial charge < -0.3 is 19.3 Å². The van der Waals surface area contributed by atoms with Gasteiger partial charge in [0, 0.05) is 5.38 Å². The lowest BCUT2D eigenvalue weighted by atomic mass is 10.1. The van der Waals surface area contributed by atoms with Crippen molar-refractivity contribution in [3.05, 3.63) is 57.8 Å². The summed E-state index contributed by atoms with van der Waals surface area (Å²) in [6.07, 6.45) is -0.428. The number of thiazole rings is 1. The minimum atomic E-state index is -1.40. The zero-order valence-corrected chi connectivity index (χ0v) is 19.9. The molecule has 0 saturated carbocycles. The molecule has 0 aliphatic heterocycles. The molecule has 178 valence electrons. The highest BCUT2D eigenvalue weighted by Crippen LogP contribution is 2.19. The maximum Gasteiger partial charge on any atom is 0.436 e. The quantitative estimate of drug-likeness (QED) is 0.339. The van der Waals surface area contributed by atoms with Crippen LogP contribution in [0.3, 0.4) is 0 Å². The number of carbonyl (C=O) groups excluding carboxylic acids is 2. The van der Waals surface area contributed by atoms with Crippen molar-refractivity contribution < 1.29 is 33.7 Å². The second-order valence-electron chi connectivity index (χ2n) is 7.78. The largest absolute Gasteiger partial charge is 0.464 e. The SMILES string of the molecule is CCOC(=O)C(=CCCOCc1ccccc1)c1csc(=NC(=O)OC(C)(C)C)n1C(=O)O. The number of nitrogens with zero attached hydrogens (tertiary/aromatic N) is 2. The average Bonchev–Trinajstić information content (AvgIpc) is 3.13. The Labute approximate surface area is 195 Å². The minimum absolute atomic E-state index is 0.0458. The summed E-state index contributed by atoms with van der Waals surface area (Å²) in [6.45, 7) is 7.51. The Kier molecular flexibility index (Phi) is 9.56. The van der Waals surface area contributed by atoms with E-state index in [0.29, 0.717) is 19.6 Å². The normalized spacial score (nSPS) is 12.5. The van der Waals surface area contributed by atoms with E-state index in [0.717, 1.165) is 21.5 Å². The van der Waals surface area contributed by atoms with E-state index >= 15 is 0 Å². The van der Waals surface area contributed by atoms with Gasteiger partial charge in [-0.25, -0.2) is 19.0 Å². The predicted octanol–water partition coefficient (Wildman–Crippen LogP) is 4.46. The van der Waals surface area contributed by atoms with E-state index in [1.165, 1.54) is 5.38 Å². The first kappa shape index (κ1) is 26.0. The van der Waals surface area contributed by atoms with E-state index in [4.69, 9.17) is 14.2 Å². The first-order valence-corrected chi connectivity index (χ1v) is 11.2. The minimum Gasteiger partial charge on any atom is -0.464 e. The van der Waals surface area contributed by atoms with Gasteiger partial charge in [-0.15, -0.1) is 16.3 Å². The highest BCUT2D eigenvalue weighted by molar-refractivity contribution is 7.07. The molecule has 0 bridgehead atoms. The van der Waals surface area contributed by atoms with Crippen LogP contribution in [0.15, 0.2) is 46.8 Å². The fourth-order valence-corrected chi connectivity index (χ4v) is 3.54. The molecule has 1 heterocycles. The Balaban J connectivity index is 2.28. The summed E-state index contributed by atoms with van der Waals surface area (Å²) in [4.78, 5) is 40.2. The molecule has 9 nitrogen and oxygen atoms in total. The summed E-state index contributed by atoms with van der Waals surface area (Å²) in [6, 6.07) is 9.63. The lowest BCUT2D eigenvalue weighted by Gasteiger charge is -2.16. The molecule has 0 radical (unpaired) electrons. The smallest absolute Gasteiger partial charge is 0.436 e. The van der Waals surface area contributed by atoms with Gasteiger partial charge in [-0.1, -0.05) is 36.4 Å². The summed E-state index contributed by atoms with van der Waals surface area (Å²) >= 11 is 0.898. The van der Waals surface area contributed by atoms with Crippen molar-refractivity contribution in [2.24, 2.45) is 4.99 Å². The topological polar surface area (TPSA) is 116 Å². The fraction of sp³-hybridized carbons (Fsp3) is 0.391. The van der Waals surface area contributed by atoms with E-state index < -0.39 is 23.8 Å². The molecule has 1 aromatic carbocycles. The average molecular weight is 477 g/mol. The Hall–Kier alpha value is -3.24. The van der Waals surface area contributed by atoms with E-state index in [9.17, 15) is 19.5 Å². The number of carbonyl (C=O) groups is 3. The van der Waals surface area contributed by atoms with Crippen LogP contribution >= 0.6 is 11.3 Å². The Morgan fingerprint density at radius 3 is 2.48 bits per heavy atom. The van der Waals surface area contributed by atoms with Crippen LogP contribution in [0.4, 0.5) is 9.59 Å². The van der Waals surface area contributed by atoms with Gasteiger partial charge >= 0.3 is 18.2 Å². The van der Waals surface area contributed by atoms with Gasteiger partial charge in [-0.2, -0.15) is 0 Å². The van der Waals surface area contributed by atoms with Gasteiger partial charge in [0.1, 0.15) is 5.60 Å². The predicted molar refractivity (Wildman–Crippen MR) is 123 cm³/mol. The highest BCUT2D eigenvalue weighted by Gasteiger charge is 2.23. The first-order valence-electron chi connectivity index (χ1n) is 10.3. The number of benzene rings is 1. The number of aromatic nitrogens is 1. The standard InChI is InChI=1S/C23H28N2O7S/c1-5-31-19(26)17(12-9-13-30-14-16-10-7-6-8-11-16)18-15-33-20(25(18)22(28)29)24-21(27)32-23(2,3)4/h6-8,10-12,15H,5,9,13-14H2,1-4H3,(H,28,29). The lowest BCUT2D eigenvalue weighted by Crippen LogP contribution is -2.28. The van der Waals surface area contributed by atoms with Crippen LogP contribution in [0.2, 0.25) is 0 Å². The Morgan fingerprint density at radius 2 is 1.88 bits per heavy atom. The van der Waals surface area contributed by atoms with Crippen LogP contribution in [0.25, 0.3) is 5.57 Å². The summed E-state index contributed by atoms with van der Waals surface area (Å²) in [5, 5.41) is 11.2. The van der Waals surface area contributed by atoms with Crippen LogP contribution in [-0.4, -0.2) is 46.6 Å². The molecule has 33 heavy (non-hydrogen) atoms. The van der Waals surface area contributed by atoms with Crippen molar-refractivity contribution in [3.8, 4) is 0 Å². The molecule has 0 saturated heterocycles. The molecule has 2 aromatic rings. The lowest BCUT2D eigenvalue weighted by molar-refractivity contribution is -0.136. The zero-order valence-electron chi connectivity index (χ0n) is 19.1. The highest BCUT2D eigenvalue weighted by atomic mass is 32.1. The van der Waals surface area contributed by atoms with E-state index in [-0.39, 0.29) is 22.7 Å². The maximum absolute atomic E-state index is 12.6. The van der Waals surface area contributed by atoms with Crippen molar-refractivity contribution in [1.82, 2.24) is 4.57 Å². The molecule has 0 atom stereocenters. The molecule has 1 aromatic heterocycles. The van der Waals surface area contributed by atoms with Crippen LogP contribution in [-0.2, 0) is 25.6 Å². The number of hydrogen-bond donors (Lipinski definition) is 1. The van der Waals surface area contributed by atoms with E-state index in [1.54, 1.807) is 33.8 Å². The number of esters is 1. The van der Waals surface area contributed by atoms with Crippen molar-refractivity contribution in [2.45, 2.75) is 46.3 Å². The number of carboxylic acid groups (broad SMARTS) is 1. The molecular formula is C23H28N2O7S. The number of hydrogen-bond acceptors (Lipinski definition) is 7. The van der Waals surface area contributed by atoms with Crippen molar-refractivity contribution in [2.75, 3.05) is 13.2 Å². The van der Waals surface area contributed by atoms with E-state index in [1.807, 2.05) is 30.3 Å². The molecule has 0 aliphatic carbocycles. The van der Waals surface area contributed by atoms with Gasteiger partial charge in [-0.05, 0) is 39.7 Å². The first-order chi connectivity index (χ1) is 15.6.